The van der Waals surface area contributed by atoms with Crippen LogP contribution in [0, 0.1) is 0 Å². The molecule has 2 aromatic heterocycles. The van der Waals surface area contributed by atoms with Crippen LogP contribution in [0.25, 0.3) is 11.1 Å². The summed E-state index contributed by atoms with van der Waals surface area (Å²) in [5.41, 5.74) is 3.24. The van der Waals surface area contributed by atoms with E-state index in [1.807, 2.05) is 48.5 Å². The van der Waals surface area contributed by atoms with Gasteiger partial charge in [-0.2, -0.15) is 4.31 Å². The van der Waals surface area contributed by atoms with Crippen LogP contribution in [0.2, 0.25) is 5.02 Å². The molecule has 0 aliphatic rings. The van der Waals surface area contributed by atoms with Gasteiger partial charge in [0.2, 0.25) is 10.0 Å². The third-order valence-electron chi connectivity index (χ3n) is 5.33. The Balaban J connectivity index is 0.00000380. The highest BCUT2D eigenvalue weighted by molar-refractivity contribution is 7.89. The van der Waals surface area contributed by atoms with E-state index in [0.717, 1.165) is 16.7 Å². The minimum Gasteiger partial charge on any atom is -0.480 e. The highest BCUT2D eigenvalue weighted by atomic mass is 35.5. The van der Waals surface area contributed by atoms with E-state index in [1.165, 1.54) is 22.8 Å². The summed E-state index contributed by atoms with van der Waals surface area (Å²) in [5, 5.41) is 12.3. The van der Waals surface area contributed by atoms with Crippen LogP contribution < -0.4 is 5.32 Å². The quantitative estimate of drug-likeness (QED) is 0.278. The number of carbonyl (C=O) groups is 1. The zero-order valence-corrected chi connectivity index (χ0v) is 21.9. The number of hydrogen-bond acceptors (Lipinski definition) is 6. The van der Waals surface area contributed by atoms with Gasteiger partial charge in [0.25, 0.3) is 0 Å². The van der Waals surface area contributed by atoms with Crippen molar-refractivity contribution in [3.05, 3.63) is 108 Å². The molecule has 11 heteroatoms. The Bertz CT molecular complexity index is 1440. The lowest BCUT2D eigenvalue weighted by Gasteiger charge is -2.22. The first-order chi connectivity index (χ1) is 17.3. The number of nitrogens with zero attached hydrogens (tertiary/aromatic N) is 3. The van der Waals surface area contributed by atoms with Crippen molar-refractivity contribution in [2.75, 3.05) is 11.9 Å². The van der Waals surface area contributed by atoms with Crippen LogP contribution in [-0.2, 0) is 27.9 Å². The van der Waals surface area contributed by atoms with Crippen LogP contribution in [0.3, 0.4) is 0 Å². The average Bonchev–Trinajstić information content (AvgIpc) is 2.89. The van der Waals surface area contributed by atoms with Gasteiger partial charge >= 0.3 is 5.97 Å². The number of sulfonamides is 1. The summed E-state index contributed by atoms with van der Waals surface area (Å²) in [7, 11) is -3.90. The molecule has 192 valence electrons. The highest BCUT2D eigenvalue weighted by Gasteiger charge is 2.26. The molecule has 0 saturated heterocycles. The average molecular weight is 559 g/mol. The van der Waals surface area contributed by atoms with Gasteiger partial charge in [0, 0.05) is 24.0 Å². The Morgan fingerprint density at radius 3 is 2.22 bits per heavy atom. The fourth-order valence-corrected chi connectivity index (χ4v) is 5.03. The molecule has 4 aromatic rings. The molecule has 0 radical (unpaired) electrons. The molecule has 8 nitrogen and oxygen atoms in total. The van der Waals surface area contributed by atoms with E-state index in [2.05, 4.69) is 15.3 Å². The van der Waals surface area contributed by atoms with E-state index in [4.69, 9.17) is 16.7 Å². The maximum absolute atomic E-state index is 13.5. The Morgan fingerprint density at radius 1 is 0.919 bits per heavy atom. The molecule has 0 amide bonds. The van der Waals surface area contributed by atoms with Gasteiger partial charge in [-0.05, 0) is 53.1 Å². The lowest BCUT2D eigenvalue weighted by atomic mass is 10.0. The smallest absolute Gasteiger partial charge is 0.322 e. The zero-order valence-electron chi connectivity index (χ0n) is 19.5. The van der Waals surface area contributed by atoms with Gasteiger partial charge in [-0.15, -0.1) is 12.4 Å². The zero-order chi connectivity index (χ0) is 25.5. The van der Waals surface area contributed by atoms with Gasteiger partial charge in [0.05, 0.1) is 12.2 Å². The summed E-state index contributed by atoms with van der Waals surface area (Å²) in [6.07, 6.45) is 2.82. The minimum absolute atomic E-state index is 0. The third kappa shape index (κ3) is 7.50. The van der Waals surface area contributed by atoms with E-state index in [0.29, 0.717) is 16.5 Å². The number of pyridine rings is 2. The number of halogens is 2. The molecular formula is C26H24Cl2N4O4S. The third-order valence-corrected chi connectivity index (χ3v) is 7.36. The van der Waals surface area contributed by atoms with Crippen LogP contribution in [0.1, 0.15) is 11.3 Å². The van der Waals surface area contributed by atoms with Crippen molar-refractivity contribution in [1.29, 1.82) is 0 Å². The largest absolute Gasteiger partial charge is 0.480 e. The summed E-state index contributed by atoms with van der Waals surface area (Å²) in [6, 6.07) is 23.2. The Morgan fingerprint density at radius 2 is 1.59 bits per heavy atom. The molecule has 0 fully saturated rings. The number of carboxylic acid groups (broad SMARTS) is 1. The van der Waals surface area contributed by atoms with Gasteiger partial charge in [-0.25, -0.2) is 13.4 Å². The van der Waals surface area contributed by atoms with Crippen molar-refractivity contribution < 1.29 is 18.3 Å². The molecule has 0 aliphatic heterocycles. The van der Waals surface area contributed by atoms with E-state index in [1.54, 1.807) is 24.3 Å². The van der Waals surface area contributed by atoms with Crippen molar-refractivity contribution in [3.8, 4) is 11.1 Å². The lowest BCUT2D eigenvalue weighted by Crippen LogP contribution is -2.30. The number of rotatable bonds is 10. The molecule has 0 aliphatic carbocycles. The van der Waals surface area contributed by atoms with Crippen molar-refractivity contribution in [2.24, 2.45) is 0 Å². The molecule has 2 aromatic carbocycles. The van der Waals surface area contributed by atoms with Crippen LogP contribution in [-0.4, -0.2) is 40.3 Å². The second-order valence-electron chi connectivity index (χ2n) is 7.93. The summed E-state index contributed by atoms with van der Waals surface area (Å²) in [5.74, 6) is -0.675. The predicted molar refractivity (Wildman–Crippen MR) is 145 cm³/mol. The summed E-state index contributed by atoms with van der Waals surface area (Å²) in [6.45, 7) is -0.209. The monoisotopic (exact) mass is 558 g/mol. The molecule has 0 spiro atoms. The van der Waals surface area contributed by atoms with Crippen LogP contribution in [0.4, 0.5) is 5.82 Å². The normalized spacial score (nSPS) is 11.1. The van der Waals surface area contributed by atoms with E-state index < -0.39 is 16.0 Å². The van der Waals surface area contributed by atoms with Crippen molar-refractivity contribution in [3.63, 3.8) is 0 Å². The van der Waals surface area contributed by atoms with Gasteiger partial charge in [-0.1, -0.05) is 54.1 Å². The van der Waals surface area contributed by atoms with Crippen LogP contribution in [0.15, 0.2) is 96.2 Å². The first-order valence-electron chi connectivity index (χ1n) is 11.0. The van der Waals surface area contributed by atoms with Crippen LogP contribution >= 0.6 is 24.0 Å². The Hall–Kier alpha value is -3.50. The number of hydrogen-bond donors (Lipinski definition) is 2. The molecular weight excluding hydrogens is 535 g/mol. The molecule has 2 heterocycles. The molecule has 37 heavy (non-hydrogen) atoms. The minimum atomic E-state index is -3.90. The topological polar surface area (TPSA) is 112 Å². The van der Waals surface area contributed by atoms with Gasteiger partial charge in [0.1, 0.15) is 17.3 Å². The molecule has 2 N–H and O–H groups in total. The predicted octanol–water partition coefficient (Wildman–Crippen LogP) is 5.11. The van der Waals surface area contributed by atoms with Crippen molar-refractivity contribution >= 4 is 45.8 Å². The van der Waals surface area contributed by atoms with Gasteiger partial charge in [0.15, 0.2) is 0 Å². The maximum atomic E-state index is 13.5. The summed E-state index contributed by atoms with van der Waals surface area (Å²) in [4.78, 5) is 19.3. The summed E-state index contributed by atoms with van der Waals surface area (Å²) < 4.78 is 28.4. The van der Waals surface area contributed by atoms with E-state index in [9.17, 15) is 13.2 Å². The second-order valence-corrected chi connectivity index (χ2v) is 10.3. The lowest BCUT2D eigenvalue weighted by molar-refractivity contribution is -0.134. The maximum Gasteiger partial charge on any atom is 0.322 e. The SMILES string of the molecule is Cl.O=C(O)CNc1cccc(CN(Cc2ccc(-c3ccc(Cl)cc3)cc2)S(=O)(=O)c2cccnc2)n1. The fourth-order valence-electron chi connectivity index (χ4n) is 3.54. The molecule has 0 bridgehead atoms. The number of aliphatic carboxylic acids is 1. The Labute approximate surface area is 226 Å². The fraction of sp³-hybridized carbons (Fsp3) is 0.115. The number of nitrogens with one attached hydrogen (secondary N) is 1. The van der Waals surface area contributed by atoms with E-state index >= 15 is 0 Å². The van der Waals surface area contributed by atoms with Crippen molar-refractivity contribution in [1.82, 2.24) is 14.3 Å². The first-order valence-corrected chi connectivity index (χ1v) is 12.8. The second kappa shape index (κ2) is 12.6. The number of anilines is 1. The van der Waals surface area contributed by atoms with Gasteiger partial charge in [-0.3, -0.25) is 9.78 Å². The van der Waals surface area contributed by atoms with Crippen molar-refractivity contribution in [2.45, 2.75) is 18.0 Å². The number of benzene rings is 2. The number of carboxylic acids is 1. The standard InChI is InChI=1S/C26H23ClN4O4S.ClH/c27-22-12-10-21(11-13-22)20-8-6-19(7-9-20)17-31(36(34,35)24-4-2-14-28-15-24)18-23-3-1-5-25(30-23)29-16-26(32)33;/h1-15H,16-18H2,(H,29,30)(H,32,33);1H. The first kappa shape index (κ1) is 28.1. The molecule has 0 unspecified atom stereocenters. The molecule has 0 atom stereocenters. The molecule has 0 saturated carbocycles. The summed E-state index contributed by atoms with van der Waals surface area (Å²) >= 11 is 5.98. The highest BCUT2D eigenvalue weighted by Crippen LogP contribution is 2.24. The van der Waals surface area contributed by atoms with Crippen LogP contribution in [0.5, 0.6) is 0 Å². The van der Waals surface area contributed by atoms with E-state index in [-0.39, 0.29) is 36.9 Å². The van der Waals surface area contributed by atoms with Gasteiger partial charge < -0.3 is 10.4 Å². The Kier molecular flexibility index (Phi) is 9.60. The number of aromatic nitrogens is 2. The molecule has 4 rings (SSSR count).